The molecule has 1 amide bonds. The van der Waals surface area contributed by atoms with Gasteiger partial charge in [-0.15, -0.1) is 6.58 Å². The van der Waals surface area contributed by atoms with E-state index in [1.165, 1.54) is 0 Å². The fourth-order valence-electron chi connectivity index (χ4n) is 2.07. The van der Waals surface area contributed by atoms with Crippen LogP contribution >= 0.6 is 11.8 Å². The van der Waals surface area contributed by atoms with E-state index in [0.29, 0.717) is 32.2 Å². The van der Waals surface area contributed by atoms with Crippen molar-refractivity contribution in [2.45, 2.75) is 25.8 Å². The highest BCUT2D eigenvalue weighted by Gasteiger charge is 2.23. The number of aliphatic imine (C=N–C) groups is 1. The van der Waals surface area contributed by atoms with Crippen LogP contribution in [0.2, 0.25) is 0 Å². The Labute approximate surface area is 131 Å². The molecule has 0 aromatic heterocycles. The van der Waals surface area contributed by atoms with Gasteiger partial charge in [-0.05, 0) is 19.8 Å². The van der Waals surface area contributed by atoms with Gasteiger partial charge in [0.25, 0.3) is 0 Å². The summed E-state index contributed by atoms with van der Waals surface area (Å²) < 4.78 is 4.99. The topological polar surface area (TPSA) is 80.0 Å². The van der Waals surface area contributed by atoms with Gasteiger partial charge in [-0.2, -0.15) is 11.8 Å². The molecule has 0 aromatic rings. The number of amides is 1. The monoisotopic (exact) mass is 314 g/mol. The average molecular weight is 314 g/mol. The maximum atomic E-state index is 11.6. The van der Waals surface area contributed by atoms with Crippen LogP contribution in [0.5, 0.6) is 0 Å². The standard InChI is InChI=1S/C14H26N4O2S/c1-3-10-21-11-7-16-13(15)17-12-5-8-18(9-6-12)14(19)20-4-2/h3,12H,1,4-11H2,2H3,(H3,15,16,17). The Morgan fingerprint density at radius 1 is 1.57 bits per heavy atom. The predicted octanol–water partition coefficient (Wildman–Crippen LogP) is 1.43. The minimum atomic E-state index is -0.225. The highest BCUT2D eigenvalue weighted by Crippen LogP contribution is 2.11. The van der Waals surface area contributed by atoms with Gasteiger partial charge in [0.1, 0.15) is 0 Å². The predicted molar refractivity (Wildman–Crippen MR) is 88.8 cm³/mol. The molecule has 0 spiro atoms. The van der Waals surface area contributed by atoms with Crippen molar-refractivity contribution < 1.29 is 9.53 Å². The summed E-state index contributed by atoms with van der Waals surface area (Å²) in [5, 5.41) is 3.22. The van der Waals surface area contributed by atoms with Crippen molar-refractivity contribution in [3.05, 3.63) is 12.7 Å². The molecule has 0 bridgehead atoms. The van der Waals surface area contributed by atoms with Crippen LogP contribution in [-0.4, -0.2) is 60.7 Å². The quantitative estimate of drug-likeness (QED) is 0.322. The summed E-state index contributed by atoms with van der Waals surface area (Å²) in [6, 6.07) is 0.278. The van der Waals surface area contributed by atoms with Gasteiger partial charge in [-0.3, -0.25) is 4.99 Å². The summed E-state index contributed by atoms with van der Waals surface area (Å²) in [5.41, 5.74) is 5.87. The number of hydrogen-bond donors (Lipinski definition) is 2. The molecule has 3 N–H and O–H groups in total. The molecule has 0 saturated carbocycles. The van der Waals surface area contributed by atoms with E-state index in [1.807, 2.05) is 13.0 Å². The largest absolute Gasteiger partial charge is 0.450 e. The van der Waals surface area contributed by atoms with Crippen molar-refractivity contribution in [2.75, 3.05) is 37.7 Å². The van der Waals surface area contributed by atoms with Gasteiger partial charge in [-0.25, -0.2) is 4.79 Å². The third kappa shape index (κ3) is 7.27. The van der Waals surface area contributed by atoms with Crippen LogP contribution in [0.1, 0.15) is 19.8 Å². The number of guanidine groups is 1. The summed E-state index contributed by atoms with van der Waals surface area (Å²) >= 11 is 1.78. The highest BCUT2D eigenvalue weighted by molar-refractivity contribution is 7.99. The number of nitrogens with one attached hydrogen (secondary N) is 1. The van der Waals surface area contributed by atoms with Crippen LogP contribution in [0.15, 0.2) is 17.6 Å². The Morgan fingerprint density at radius 3 is 2.90 bits per heavy atom. The number of nitrogens with zero attached hydrogens (tertiary/aromatic N) is 2. The molecule has 0 aromatic carbocycles. The summed E-state index contributed by atoms with van der Waals surface area (Å²) in [6.07, 6.45) is 3.38. The van der Waals surface area contributed by atoms with E-state index < -0.39 is 0 Å². The maximum absolute atomic E-state index is 11.6. The van der Waals surface area contributed by atoms with Gasteiger partial charge in [0, 0.05) is 30.6 Å². The molecule has 0 aliphatic carbocycles. The van der Waals surface area contributed by atoms with Crippen molar-refractivity contribution >= 4 is 23.8 Å². The number of rotatable bonds is 7. The molecule has 1 fully saturated rings. The van der Waals surface area contributed by atoms with Gasteiger partial charge in [0.2, 0.25) is 0 Å². The SMILES string of the molecule is C=CCSCCN=C(N)NC1CCN(C(=O)OCC)CC1. The number of hydrogen-bond acceptors (Lipinski definition) is 4. The molecule has 6 nitrogen and oxygen atoms in total. The lowest BCUT2D eigenvalue weighted by Crippen LogP contribution is -2.48. The molecule has 7 heteroatoms. The Bertz CT molecular complexity index is 355. The van der Waals surface area contributed by atoms with Crippen LogP contribution in [-0.2, 0) is 4.74 Å². The van der Waals surface area contributed by atoms with E-state index in [0.717, 1.165) is 24.3 Å². The summed E-state index contributed by atoms with van der Waals surface area (Å²) in [5.74, 6) is 2.37. The van der Waals surface area contributed by atoms with Crippen molar-refractivity contribution in [3.63, 3.8) is 0 Å². The van der Waals surface area contributed by atoms with Crippen LogP contribution in [0.3, 0.4) is 0 Å². The zero-order chi connectivity index (χ0) is 15.5. The van der Waals surface area contributed by atoms with Gasteiger partial charge in [-0.1, -0.05) is 6.08 Å². The number of carbonyl (C=O) groups is 1. The molecule has 1 heterocycles. The lowest BCUT2D eigenvalue weighted by molar-refractivity contribution is 0.0963. The van der Waals surface area contributed by atoms with Crippen molar-refractivity contribution in [1.29, 1.82) is 0 Å². The van der Waals surface area contributed by atoms with Crippen molar-refractivity contribution in [1.82, 2.24) is 10.2 Å². The maximum Gasteiger partial charge on any atom is 0.409 e. The lowest BCUT2D eigenvalue weighted by atomic mass is 10.1. The Hall–Kier alpha value is -1.37. The number of ether oxygens (including phenoxy) is 1. The second kappa shape index (κ2) is 10.4. The Balaban J connectivity index is 2.20. The molecule has 120 valence electrons. The molecular formula is C14H26N4O2S. The van der Waals surface area contributed by atoms with Crippen molar-refractivity contribution in [3.8, 4) is 0 Å². The molecule has 1 aliphatic heterocycles. The number of thioether (sulfide) groups is 1. The Morgan fingerprint density at radius 2 is 2.29 bits per heavy atom. The average Bonchev–Trinajstić information content (AvgIpc) is 2.48. The summed E-state index contributed by atoms with van der Waals surface area (Å²) in [4.78, 5) is 17.6. The van der Waals surface area contributed by atoms with E-state index in [2.05, 4.69) is 16.9 Å². The van der Waals surface area contributed by atoms with Crippen LogP contribution in [0.4, 0.5) is 4.79 Å². The first-order chi connectivity index (χ1) is 10.2. The number of carbonyl (C=O) groups excluding carboxylic acids is 1. The molecule has 1 aliphatic rings. The summed E-state index contributed by atoms with van der Waals surface area (Å²) in [6.45, 7) is 8.00. The zero-order valence-electron chi connectivity index (χ0n) is 12.7. The highest BCUT2D eigenvalue weighted by atomic mass is 32.2. The van der Waals surface area contributed by atoms with E-state index >= 15 is 0 Å². The lowest BCUT2D eigenvalue weighted by Gasteiger charge is -2.31. The summed E-state index contributed by atoms with van der Waals surface area (Å²) in [7, 11) is 0. The molecule has 21 heavy (non-hydrogen) atoms. The normalized spacial score (nSPS) is 16.6. The second-order valence-corrected chi connectivity index (χ2v) is 5.88. The molecular weight excluding hydrogens is 288 g/mol. The van der Waals surface area contributed by atoms with Gasteiger partial charge < -0.3 is 20.7 Å². The van der Waals surface area contributed by atoms with E-state index in [9.17, 15) is 4.79 Å². The first kappa shape index (κ1) is 17.7. The molecule has 0 unspecified atom stereocenters. The van der Waals surface area contributed by atoms with Crippen molar-refractivity contribution in [2.24, 2.45) is 10.7 Å². The molecule has 0 radical (unpaired) electrons. The third-order valence-corrected chi connectivity index (χ3v) is 4.07. The number of piperidine rings is 1. The fraction of sp³-hybridized carbons (Fsp3) is 0.714. The molecule has 0 atom stereocenters. The van der Waals surface area contributed by atoms with Gasteiger partial charge in [0.15, 0.2) is 5.96 Å². The van der Waals surface area contributed by atoms with Crippen LogP contribution < -0.4 is 11.1 Å². The number of nitrogens with two attached hydrogens (primary N) is 1. The number of likely N-dealkylation sites (tertiary alicyclic amines) is 1. The zero-order valence-corrected chi connectivity index (χ0v) is 13.5. The first-order valence-electron chi connectivity index (χ1n) is 7.34. The Kier molecular flexibility index (Phi) is 8.73. The molecule has 1 saturated heterocycles. The third-order valence-electron chi connectivity index (χ3n) is 3.13. The van der Waals surface area contributed by atoms with E-state index in [4.69, 9.17) is 10.5 Å². The second-order valence-electron chi connectivity index (χ2n) is 4.74. The smallest absolute Gasteiger partial charge is 0.409 e. The van der Waals surface area contributed by atoms with E-state index in [1.54, 1.807) is 16.7 Å². The fourth-order valence-corrected chi connectivity index (χ4v) is 2.63. The van der Waals surface area contributed by atoms with Gasteiger partial charge >= 0.3 is 6.09 Å². The molecule has 1 rings (SSSR count). The van der Waals surface area contributed by atoms with Crippen LogP contribution in [0.25, 0.3) is 0 Å². The minimum Gasteiger partial charge on any atom is -0.450 e. The van der Waals surface area contributed by atoms with Crippen LogP contribution in [0, 0.1) is 0 Å². The van der Waals surface area contributed by atoms with E-state index in [-0.39, 0.29) is 12.1 Å². The van der Waals surface area contributed by atoms with Gasteiger partial charge in [0.05, 0.1) is 13.2 Å². The minimum absolute atomic E-state index is 0.225. The first-order valence-corrected chi connectivity index (χ1v) is 8.49.